The molecule has 102 valence electrons. The molecule has 1 aromatic carbocycles. The monoisotopic (exact) mass is 257 g/mol. The Kier molecular flexibility index (Phi) is 3.61. The van der Waals surface area contributed by atoms with Crippen molar-refractivity contribution >= 4 is 11.0 Å². The SMILES string of the molecule is CCCNC(CC1CC1)c1cc2cccc(C)c2o1. The van der Waals surface area contributed by atoms with E-state index in [0.717, 1.165) is 23.8 Å². The fraction of sp³-hybridized carbons (Fsp3) is 0.529. The van der Waals surface area contributed by atoms with Crippen LogP contribution in [-0.2, 0) is 0 Å². The van der Waals surface area contributed by atoms with Crippen molar-refractivity contribution in [3.8, 4) is 0 Å². The third-order valence-electron chi connectivity index (χ3n) is 4.01. The molecule has 1 saturated carbocycles. The van der Waals surface area contributed by atoms with E-state index in [-0.39, 0.29) is 0 Å². The second-order valence-electron chi connectivity index (χ2n) is 5.83. The van der Waals surface area contributed by atoms with Gasteiger partial charge in [0.15, 0.2) is 0 Å². The molecule has 1 unspecified atom stereocenters. The predicted molar refractivity (Wildman–Crippen MR) is 79.3 cm³/mol. The van der Waals surface area contributed by atoms with E-state index in [9.17, 15) is 0 Å². The van der Waals surface area contributed by atoms with Crippen LogP contribution >= 0.6 is 0 Å². The molecule has 2 aromatic rings. The summed E-state index contributed by atoms with van der Waals surface area (Å²) in [6.07, 6.45) is 5.17. The maximum atomic E-state index is 6.12. The summed E-state index contributed by atoms with van der Waals surface area (Å²) in [5.41, 5.74) is 2.28. The van der Waals surface area contributed by atoms with Gasteiger partial charge in [-0.1, -0.05) is 38.0 Å². The van der Waals surface area contributed by atoms with Crippen molar-refractivity contribution in [1.82, 2.24) is 5.32 Å². The fourth-order valence-corrected chi connectivity index (χ4v) is 2.71. The Morgan fingerprint density at radius 3 is 2.89 bits per heavy atom. The van der Waals surface area contributed by atoms with Crippen LogP contribution in [0.15, 0.2) is 28.7 Å². The number of rotatable bonds is 6. The zero-order chi connectivity index (χ0) is 13.2. The first-order valence-electron chi connectivity index (χ1n) is 7.50. The Morgan fingerprint density at radius 1 is 1.37 bits per heavy atom. The number of hydrogen-bond donors (Lipinski definition) is 1. The van der Waals surface area contributed by atoms with Gasteiger partial charge >= 0.3 is 0 Å². The van der Waals surface area contributed by atoms with Crippen LogP contribution in [0, 0.1) is 12.8 Å². The molecule has 1 atom stereocenters. The Morgan fingerprint density at radius 2 is 2.21 bits per heavy atom. The number of nitrogens with one attached hydrogen (secondary N) is 1. The molecule has 3 rings (SSSR count). The van der Waals surface area contributed by atoms with Crippen LogP contribution in [0.2, 0.25) is 0 Å². The molecule has 1 N–H and O–H groups in total. The highest BCUT2D eigenvalue weighted by molar-refractivity contribution is 5.81. The molecule has 2 heteroatoms. The van der Waals surface area contributed by atoms with Gasteiger partial charge < -0.3 is 9.73 Å². The van der Waals surface area contributed by atoms with Gasteiger partial charge in [-0.05, 0) is 43.9 Å². The van der Waals surface area contributed by atoms with E-state index in [0.29, 0.717) is 6.04 Å². The van der Waals surface area contributed by atoms with E-state index in [1.165, 1.54) is 36.6 Å². The molecule has 0 spiro atoms. The highest BCUT2D eigenvalue weighted by atomic mass is 16.3. The van der Waals surface area contributed by atoms with Gasteiger partial charge in [0.25, 0.3) is 0 Å². The quantitative estimate of drug-likeness (QED) is 0.819. The third kappa shape index (κ3) is 2.84. The Bertz CT molecular complexity index is 553. The van der Waals surface area contributed by atoms with Crippen LogP contribution in [0.25, 0.3) is 11.0 Å². The maximum absolute atomic E-state index is 6.12. The summed E-state index contributed by atoms with van der Waals surface area (Å²) in [5.74, 6) is 2.02. The fourth-order valence-electron chi connectivity index (χ4n) is 2.71. The van der Waals surface area contributed by atoms with Crippen molar-refractivity contribution in [2.45, 2.75) is 45.6 Å². The van der Waals surface area contributed by atoms with Gasteiger partial charge in [-0.2, -0.15) is 0 Å². The molecule has 0 aliphatic heterocycles. The number of aryl methyl sites for hydroxylation is 1. The zero-order valence-corrected chi connectivity index (χ0v) is 11.9. The Hall–Kier alpha value is -1.28. The first-order chi connectivity index (χ1) is 9.28. The van der Waals surface area contributed by atoms with Gasteiger partial charge in [0, 0.05) is 5.39 Å². The first kappa shape index (κ1) is 12.7. The van der Waals surface area contributed by atoms with Crippen LogP contribution in [0.5, 0.6) is 0 Å². The number of benzene rings is 1. The van der Waals surface area contributed by atoms with E-state index in [1.54, 1.807) is 0 Å². The molecule has 0 bridgehead atoms. The standard InChI is InChI=1S/C17H23NO/c1-3-9-18-15(10-13-7-8-13)16-11-14-6-4-5-12(2)17(14)19-16/h4-6,11,13,15,18H,3,7-10H2,1-2H3. The number of furan rings is 1. The zero-order valence-electron chi connectivity index (χ0n) is 11.9. The minimum absolute atomic E-state index is 0.388. The molecule has 1 heterocycles. The van der Waals surface area contributed by atoms with E-state index in [4.69, 9.17) is 4.42 Å². The third-order valence-corrected chi connectivity index (χ3v) is 4.01. The minimum atomic E-state index is 0.388. The number of para-hydroxylation sites is 1. The summed E-state index contributed by atoms with van der Waals surface area (Å²) in [6, 6.07) is 8.97. The lowest BCUT2D eigenvalue weighted by molar-refractivity contribution is 0.396. The van der Waals surface area contributed by atoms with Gasteiger partial charge in [-0.3, -0.25) is 0 Å². The van der Waals surface area contributed by atoms with E-state index >= 15 is 0 Å². The molecular weight excluding hydrogens is 234 g/mol. The van der Waals surface area contributed by atoms with Crippen molar-refractivity contribution in [2.75, 3.05) is 6.54 Å². The lowest BCUT2D eigenvalue weighted by Crippen LogP contribution is -2.22. The molecular formula is C17H23NO. The van der Waals surface area contributed by atoms with E-state index < -0.39 is 0 Å². The summed E-state index contributed by atoms with van der Waals surface area (Å²) >= 11 is 0. The topological polar surface area (TPSA) is 25.2 Å². The van der Waals surface area contributed by atoms with Crippen LogP contribution in [-0.4, -0.2) is 6.54 Å². The Labute approximate surface area is 115 Å². The minimum Gasteiger partial charge on any atom is -0.459 e. The van der Waals surface area contributed by atoms with Gasteiger partial charge in [0.05, 0.1) is 6.04 Å². The molecule has 19 heavy (non-hydrogen) atoms. The summed E-state index contributed by atoms with van der Waals surface area (Å²) in [7, 11) is 0. The molecule has 1 fully saturated rings. The molecule has 0 amide bonds. The highest BCUT2D eigenvalue weighted by Gasteiger charge is 2.27. The van der Waals surface area contributed by atoms with Crippen molar-refractivity contribution in [3.63, 3.8) is 0 Å². The van der Waals surface area contributed by atoms with Crippen LogP contribution in [0.3, 0.4) is 0 Å². The first-order valence-corrected chi connectivity index (χ1v) is 7.50. The average Bonchev–Trinajstić information content (AvgIpc) is 3.11. The normalized spacial score (nSPS) is 16.9. The van der Waals surface area contributed by atoms with Gasteiger partial charge in [0.1, 0.15) is 11.3 Å². The van der Waals surface area contributed by atoms with Crippen molar-refractivity contribution < 1.29 is 4.42 Å². The summed E-state index contributed by atoms with van der Waals surface area (Å²) in [4.78, 5) is 0. The van der Waals surface area contributed by atoms with Crippen LogP contribution < -0.4 is 5.32 Å². The Balaban J connectivity index is 1.87. The highest BCUT2D eigenvalue weighted by Crippen LogP contribution is 2.39. The van der Waals surface area contributed by atoms with E-state index in [1.807, 2.05) is 0 Å². The largest absolute Gasteiger partial charge is 0.459 e. The molecule has 2 nitrogen and oxygen atoms in total. The van der Waals surface area contributed by atoms with Crippen molar-refractivity contribution in [1.29, 1.82) is 0 Å². The molecule has 0 radical (unpaired) electrons. The second-order valence-corrected chi connectivity index (χ2v) is 5.83. The van der Waals surface area contributed by atoms with E-state index in [2.05, 4.69) is 43.4 Å². The molecule has 0 saturated heterocycles. The lowest BCUT2D eigenvalue weighted by atomic mass is 10.1. The number of hydrogen-bond acceptors (Lipinski definition) is 2. The van der Waals surface area contributed by atoms with Crippen LogP contribution in [0.4, 0.5) is 0 Å². The molecule has 1 aromatic heterocycles. The van der Waals surface area contributed by atoms with Crippen molar-refractivity contribution in [2.24, 2.45) is 5.92 Å². The van der Waals surface area contributed by atoms with Gasteiger partial charge in [0.2, 0.25) is 0 Å². The lowest BCUT2D eigenvalue weighted by Gasteiger charge is -2.15. The second kappa shape index (κ2) is 5.38. The van der Waals surface area contributed by atoms with Crippen LogP contribution in [0.1, 0.15) is 50.0 Å². The van der Waals surface area contributed by atoms with Gasteiger partial charge in [-0.25, -0.2) is 0 Å². The summed E-state index contributed by atoms with van der Waals surface area (Å²) < 4.78 is 6.12. The summed E-state index contributed by atoms with van der Waals surface area (Å²) in [5, 5.41) is 4.87. The average molecular weight is 257 g/mol. The predicted octanol–water partition coefficient (Wildman–Crippen LogP) is 4.58. The molecule has 1 aliphatic carbocycles. The molecule has 1 aliphatic rings. The maximum Gasteiger partial charge on any atom is 0.137 e. The number of fused-ring (bicyclic) bond motifs is 1. The van der Waals surface area contributed by atoms with Gasteiger partial charge in [-0.15, -0.1) is 0 Å². The smallest absolute Gasteiger partial charge is 0.137 e. The van der Waals surface area contributed by atoms with Crippen molar-refractivity contribution in [3.05, 3.63) is 35.6 Å². The summed E-state index contributed by atoms with van der Waals surface area (Å²) in [6.45, 7) is 5.39.